The molecule has 3 rings (SSSR count). The summed E-state index contributed by atoms with van der Waals surface area (Å²) in [6.45, 7) is 4.86. The molecule has 0 aromatic carbocycles. The van der Waals surface area contributed by atoms with Crippen molar-refractivity contribution in [2.45, 2.75) is 12.8 Å². The van der Waals surface area contributed by atoms with Crippen molar-refractivity contribution in [3.8, 4) is 0 Å². The monoisotopic (exact) mass is 320 g/mol. The second-order valence-electron chi connectivity index (χ2n) is 6.33. The lowest BCUT2D eigenvalue weighted by Gasteiger charge is -2.31. The van der Waals surface area contributed by atoms with Gasteiger partial charge < -0.3 is 19.3 Å². The maximum Gasteiger partial charge on any atom is 0.225 e. The van der Waals surface area contributed by atoms with Crippen LogP contribution in [0.3, 0.4) is 0 Å². The van der Waals surface area contributed by atoms with Crippen LogP contribution in [0.25, 0.3) is 0 Å². The van der Waals surface area contributed by atoms with Crippen LogP contribution in [0.1, 0.15) is 12.8 Å². The van der Waals surface area contributed by atoms with E-state index >= 15 is 0 Å². The van der Waals surface area contributed by atoms with Crippen molar-refractivity contribution < 1.29 is 14.3 Å². The van der Waals surface area contributed by atoms with E-state index in [9.17, 15) is 4.79 Å². The SMILES string of the molecule is COCCC(=O)N1CCOC[C@@]2(CCN(c3ncccn3)C2)C1. The molecule has 2 aliphatic heterocycles. The van der Waals surface area contributed by atoms with Crippen molar-refractivity contribution >= 4 is 11.9 Å². The van der Waals surface area contributed by atoms with Crippen molar-refractivity contribution in [3.05, 3.63) is 18.5 Å². The summed E-state index contributed by atoms with van der Waals surface area (Å²) in [4.78, 5) is 25.1. The molecule has 0 unspecified atom stereocenters. The third kappa shape index (κ3) is 3.79. The van der Waals surface area contributed by atoms with Crippen LogP contribution in [-0.4, -0.2) is 73.9 Å². The van der Waals surface area contributed by atoms with Crippen LogP contribution < -0.4 is 4.90 Å². The number of nitrogens with zero attached hydrogens (tertiary/aromatic N) is 4. The number of carbonyl (C=O) groups is 1. The molecule has 2 aliphatic rings. The molecule has 1 aromatic heterocycles. The third-order valence-electron chi connectivity index (χ3n) is 4.59. The van der Waals surface area contributed by atoms with E-state index in [4.69, 9.17) is 9.47 Å². The van der Waals surface area contributed by atoms with Gasteiger partial charge in [-0.25, -0.2) is 9.97 Å². The van der Waals surface area contributed by atoms with Crippen LogP contribution >= 0.6 is 0 Å². The summed E-state index contributed by atoms with van der Waals surface area (Å²) in [7, 11) is 1.62. The first-order valence-corrected chi connectivity index (χ1v) is 8.09. The van der Waals surface area contributed by atoms with Gasteiger partial charge in [-0.05, 0) is 12.5 Å². The molecule has 1 atom stereocenters. The van der Waals surface area contributed by atoms with Crippen LogP contribution in [0.15, 0.2) is 18.5 Å². The topological polar surface area (TPSA) is 67.8 Å². The number of hydrogen-bond donors (Lipinski definition) is 0. The average Bonchev–Trinajstić information content (AvgIpc) is 2.88. The number of amides is 1. The summed E-state index contributed by atoms with van der Waals surface area (Å²) in [5.74, 6) is 0.900. The summed E-state index contributed by atoms with van der Waals surface area (Å²) in [6, 6.07) is 1.82. The number of hydrogen-bond acceptors (Lipinski definition) is 6. The summed E-state index contributed by atoms with van der Waals surface area (Å²) in [6.07, 6.45) is 4.94. The zero-order chi connectivity index (χ0) is 16.1. The van der Waals surface area contributed by atoms with Crippen LogP contribution in [0.5, 0.6) is 0 Å². The number of rotatable bonds is 4. The minimum absolute atomic E-state index is 0.0293. The quantitative estimate of drug-likeness (QED) is 0.808. The van der Waals surface area contributed by atoms with Crippen LogP contribution in [-0.2, 0) is 14.3 Å². The van der Waals surface area contributed by atoms with Crippen molar-refractivity contribution in [2.24, 2.45) is 5.41 Å². The lowest BCUT2D eigenvalue weighted by molar-refractivity contribution is -0.133. The van der Waals surface area contributed by atoms with Crippen LogP contribution in [0, 0.1) is 5.41 Å². The maximum absolute atomic E-state index is 12.4. The molecule has 0 bridgehead atoms. The highest BCUT2D eigenvalue weighted by molar-refractivity contribution is 5.76. The summed E-state index contributed by atoms with van der Waals surface area (Å²) in [5, 5.41) is 0. The molecule has 0 aliphatic carbocycles. The van der Waals surface area contributed by atoms with E-state index in [0.29, 0.717) is 32.8 Å². The first-order chi connectivity index (χ1) is 11.2. The van der Waals surface area contributed by atoms with Gasteiger partial charge in [0.1, 0.15) is 0 Å². The summed E-state index contributed by atoms with van der Waals surface area (Å²) in [5.41, 5.74) is -0.0293. The van der Waals surface area contributed by atoms with Gasteiger partial charge in [-0.15, -0.1) is 0 Å². The molecule has 2 saturated heterocycles. The Balaban J connectivity index is 1.67. The average molecular weight is 320 g/mol. The lowest BCUT2D eigenvalue weighted by Crippen LogP contribution is -2.43. The van der Waals surface area contributed by atoms with Gasteiger partial charge in [0.05, 0.1) is 26.2 Å². The van der Waals surface area contributed by atoms with Gasteiger partial charge in [0, 0.05) is 51.1 Å². The molecule has 1 aromatic rings. The molecule has 3 heterocycles. The Morgan fingerprint density at radius 3 is 2.96 bits per heavy atom. The highest BCUT2D eigenvalue weighted by Crippen LogP contribution is 2.34. The minimum Gasteiger partial charge on any atom is -0.384 e. The predicted octanol–water partition coefficient (Wildman–Crippen LogP) is 0.568. The molecular formula is C16H24N4O3. The molecule has 23 heavy (non-hydrogen) atoms. The van der Waals surface area contributed by atoms with Crippen LogP contribution in [0.4, 0.5) is 5.95 Å². The summed E-state index contributed by atoms with van der Waals surface area (Å²) >= 11 is 0. The third-order valence-corrected chi connectivity index (χ3v) is 4.59. The molecule has 0 radical (unpaired) electrons. The van der Waals surface area contributed by atoms with Crippen LogP contribution in [0.2, 0.25) is 0 Å². The normalized spacial score (nSPS) is 24.9. The first kappa shape index (κ1) is 16.1. The molecular weight excluding hydrogens is 296 g/mol. The van der Waals surface area contributed by atoms with E-state index in [0.717, 1.165) is 32.0 Å². The van der Waals surface area contributed by atoms with Gasteiger partial charge in [-0.3, -0.25) is 4.79 Å². The number of aromatic nitrogens is 2. The Hall–Kier alpha value is -1.73. The largest absolute Gasteiger partial charge is 0.384 e. The predicted molar refractivity (Wildman–Crippen MR) is 85.2 cm³/mol. The fraction of sp³-hybridized carbons (Fsp3) is 0.688. The molecule has 7 heteroatoms. The van der Waals surface area contributed by atoms with Crippen molar-refractivity contribution in [1.82, 2.24) is 14.9 Å². The van der Waals surface area contributed by atoms with E-state index in [2.05, 4.69) is 14.9 Å². The van der Waals surface area contributed by atoms with Gasteiger partial charge in [-0.2, -0.15) is 0 Å². The molecule has 0 N–H and O–H groups in total. The number of ether oxygens (including phenoxy) is 2. The molecule has 2 fully saturated rings. The van der Waals surface area contributed by atoms with Crippen molar-refractivity contribution in [1.29, 1.82) is 0 Å². The van der Waals surface area contributed by atoms with E-state index in [1.807, 2.05) is 11.0 Å². The van der Waals surface area contributed by atoms with Crippen molar-refractivity contribution in [3.63, 3.8) is 0 Å². The fourth-order valence-corrected chi connectivity index (χ4v) is 3.36. The van der Waals surface area contributed by atoms with E-state index in [-0.39, 0.29) is 11.3 Å². The molecule has 7 nitrogen and oxygen atoms in total. The number of anilines is 1. The second kappa shape index (κ2) is 7.23. The Morgan fingerprint density at radius 1 is 1.35 bits per heavy atom. The molecule has 1 spiro atoms. The van der Waals surface area contributed by atoms with Gasteiger partial charge in [0.2, 0.25) is 11.9 Å². The van der Waals surface area contributed by atoms with E-state index in [1.54, 1.807) is 19.5 Å². The Bertz CT molecular complexity index is 527. The standard InChI is InChI=1S/C16H24N4O3/c1-22-9-3-14(21)19-8-10-23-13-16(11-19)4-7-20(12-16)15-17-5-2-6-18-15/h2,5-6H,3-4,7-13H2,1H3/t16-/m0/s1. The smallest absolute Gasteiger partial charge is 0.225 e. The minimum atomic E-state index is -0.0293. The number of methoxy groups -OCH3 is 1. The molecule has 126 valence electrons. The Labute approximate surface area is 136 Å². The van der Waals surface area contributed by atoms with E-state index in [1.165, 1.54) is 0 Å². The Kier molecular flexibility index (Phi) is 5.07. The van der Waals surface area contributed by atoms with Gasteiger partial charge in [-0.1, -0.05) is 0 Å². The highest BCUT2D eigenvalue weighted by atomic mass is 16.5. The fourth-order valence-electron chi connectivity index (χ4n) is 3.36. The van der Waals surface area contributed by atoms with E-state index < -0.39 is 0 Å². The summed E-state index contributed by atoms with van der Waals surface area (Å²) < 4.78 is 10.8. The second-order valence-corrected chi connectivity index (χ2v) is 6.33. The first-order valence-electron chi connectivity index (χ1n) is 8.09. The maximum atomic E-state index is 12.4. The number of carbonyl (C=O) groups excluding carboxylic acids is 1. The zero-order valence-corrected chi connectivity index (χ0v) is 13.6. The zero-order valence-electron chi connectivity index (χ0n) is 13.6. The molecule has 1 amide bonds. The highest BCUT2D eigenvalue weighted by Gasteiger charge is 2.42. The Morgan fingerprint density at radius 2 is 2.17 bits per heavy atom. The van der Waals surface area contributed by atoms with Gasteiger partial charge in [0.15, 0.2) is 0 Å². The van der Waals surface area contributed by atoms with Gasteiger partial charge in [0.25, 0.3) is 0 Å². The van der Waals surface area contributed by atoms with Gasteiger partial charge >= 0.3 is 0 Å². The molecule has 0 saturated carbocycles. The van der Waals surface area contributed by atoms with Crippen molar-refractivity contribution in [2.75, 3.05) is 58.0 Å². The lowest BCUT2D eigenvalue weighted by atomic mass is 9.87.